The molecule has 7 nitrogen and oxygen atoms in total. The number of rotatable bonds is 5. The number of ether oxygens (including phenoxy) is 3. The molecule has 0 bridgehead atoms. The molecule has 1 saturated heterocycles. The van der Waals surface area contributed by atoms with Gasteiger partial charge in [0.25, 0.3) is 5.91 Å². The van der Waals surface area contributed by atoms with Crippen molar-refractivity contribution in [2.45, 2.75) is 38.3 Å². The summed E-state index contributed by atoms with van der Waals surface area (Å²) in [6, 6.07) is 10.7. The van der Waals surface area contributed by atoms with Gasteiger partial charge < -0.3 is 19.5 Å². The maximum atomic E-state index is 13.7. The molecule has 2 aliphatic rings. The first-order chi connectivity index (χ1) is 16.6. The molecule has 1 amide bonds. The van der Waals surface area contributed by atoms with Crippen LogP contribution >= 0.6 is 0 Å². The fourth-order valence-electron chi connectivity index (χ4n) is 4.30. The minimum atomic E-state index is -0.480. The highest BCUT2D eigenvalue weighted by molar-refractivity contribution is 5.94. The van der Waals surface area contributed by atoms with Gasteiger partial charge in [-0.15, -0.1) is 0 Å². The van der Waals surface area contributed by atoms with E-state index >= 15 is 0 Å². The van der Waals surface area contributed by atoms with Gasteiger partial charge in [0.05, 0.1) is 18.2 Å². The Bertz CT molecular complexity index is 1180. The lowest BCUT2D eigenvalue weighted by Gasteiger charge is -2.28. The van der Waals surface area contributed by atoms with Crippen LogP contribution < -0.4 is 14.8 Å². The average Bonchev–Trinajstić information content (AvgIpc) is 2.86. The lowest BCUT2D eigenvalue weighted by Crippen LogP contribution is -2.42. The van der Waals surface area contributed by atoms with Crippen LogP contribution in [0.3, 0.4) is 0 Å². The molecule has 4 heterocycles. The van der Waals surface area contributed by atoms with E-state index in [0.717, 1.165) is 41.9 Å². The minimum absolute atomic E-state index is 0.00493. The van der Waals surface area contributed by atoms with Crippen molar-refractivity contribution in [1.82, 2.24) is 15.3 Å². The van der Waals surface area contributed by atoms with Crippen molar-refractivity contribution >= 4 is 5.91 Å². The van der Waals surface area contributed by atoms with Crippen molar-refractivity contribution in [2.75, 3.05) is 19.8 Å². The molecule has 0 saturated carbocycles. The fraction of sp³-hybridized carbons (Fsp3) is 0.346. The Balaban J connectivity index is 1.26. The number of nitrogens with one attached hydrogen (secondary N) is 1. The summed E-state index contributed by atoms with van der Waals surface area (Å²) in [5.41, 5.74) is 3.62. The first-order valence-corrected chi connectivity index (χ1v) is 11.5. The Morgan fingerprint density at radius 2 is 2.09 bits per heavy atom. The van der Waals surface area contributed by atoms with Crippen LogP contribution in [0.4, 0.5) is 4.39 Å². The van der Waals surface area contributed by atoms with Crippen LogP contribution in [0, 0.1) is 12.9 Å². The largest absolute Gasteiger partial charge is 0.491 e. The summed E-state index contributed by atoms with van der Waals surface area (Å²) >= 11 is 0. The summed E-state index contributed by atoms with van der Waals surface area (Å²) in [6.07, 6.45) is 5.53. The number of carbonyl (C=O) groups excluding carboxylic acids is 1. The summed E-state index contributed by atoms with van der Waals surface area (Å²) in [6.45, 7) is 3.37. The Kier molecular flexibility index (Phi) is 6.40. The number of aryl methyl sites for hydroxylation is 1. The number of hydrogen-bond acceptors (Lipinski definition) is 6. The van der Waals surface area contributed by atoms with Gasteiger partial charge in [0.15, 0.2) is 0 Å². The second-order valence-corrected chi connectivity index (χ2v) is 8.64. The van der Waals surface area contributed by atoms with Crippen LogP contribution in [0.25, 0.3) is 11.1 Å². The van der Waals surface area contributed by atoms with Crippen molar-refractivity contribution in [3.63, 3.8) is 0 Å². The molecule has 5 rings (SSSR count). The molecular weight excluding hydrogens is 437 g/mol. The molecule has 1 unspecified atom stereocenters. The highest BCUT2D eigenvalue weighted by atomic mass is 19.1. The van der Waals surface area contributed by atoms with Gasteiger partial charge in [0.1, 0.15) is 18.5 Å². The Morgan fingerprint density at radius 3 is 2.85 bits per heavy atom. The van der Waals surface area contributed by atoms with E-state index in [1.54, 1.807) is 25.1 Å². The van der Waals surface area contributed by atoms with E-state index in [2.05, 4.69) is 15.3 Å². The quantitative estimate of drug-likeness (QED) is 0.579. The van der Waals surface area contributed by atoms with Gasteiger partial charge in [0, 0.05) is 48.2 Å². The second kappa shape index (κ2) is 9.77. The normalized spacial score (nSPS) is 19.6. The Morgan fingerprint density at radius 1 is 1.18 bits per heavy atom. The third-order valence-corrected chi connectivity index (χ3v) is 6.09. The van der Waals surface area contributed by atoms with Crippen molar-refractivity contribution in [3.8, 4) is 22.8 Å². The third-order valence-electron chi connectivity index (χ3n) is 6.09. The zero-order valence-electron chi connectivity index (χ0n) is 18.9. The first kappa shape index (κ1) is 22.3. The van der Waals surface area contributed by atoms with Gasteiger partial charge in [0.2, 0.25) is 11.8 Å². The summed E-state index contributed by atoms with van der Waals surface area (Å²) in [4.78, 5) is 21.0. The molecule has 0 aliphatic carbocycles. The van der Waals surface area contributed by atoms with Crippen LogP contribution in [-0.4, -0.2) is 47.8 Å². The standard InChI is InChI=1S/C26H26FN3O4/c1-16-10-18(13-29-25(16)27)21-5-2-6-23-22(21)11-19(14-33-23)30-26(31)17-7-8-24(28-12-17)34-20-4-3-9-32-15-20/h2,5-8,10,12-13,19-20H,3-4,9,11,14-15H2,1H3,(H,30,31)/t19-,20?/m0/s1. The number of halogens is 1. The van der Waals surface area contributed by atoms with Crippen molar-refractivity contribution < 1.29 is 23.4 Å². The van der Waals surface area contributed by atoms with E-state index in [1.165, 1.54) is 12.4 Å². The monoisotopic (exact) mass is 463 g/mol. The van der Waals surface area contributed by atoms with E-state index in [9.17, 15) is 9.18 Å². The molecule has 2 aromatic heterocycles. The van der Waals surface area contributed by atoms with E-state index in [-0.39, 0.29) is 18.1 Å². The second-order valence-electron chi connectivity index (χ2n) is 8.64. The highest BCUT2D eigenvalue weighted by Gasteiger charge is 2.25. The predicted molar refractivity (Wildman–Crippen MR) is 124 cm³/mol. The molecule has 1 fully saturated rings. The van der Waals surface area contributed by atoms with Gasteiger partial charge in [-0.05, 0) is 43.5 Å². The number of hydrogen-bond donors (Lipinski definition) is 1. The maximum Gasteiger partial charge on any atom is 0.253 e. The van der Waals surface area contributed by atoms with Crippen molar-refractivity contribution in [1.29, 1.82) is 0 Å². The SMILES string of the molecule is Cc1cc(-c2cccc3c2C[C@H](NC(=O)c2ccc(OC4CCCOC4)nc2)CO3)cnc1F. The number of aromatic nitrogens is 2. The third kappa shape index (κ3) is 4.87. The van der Waals surface area contributed by atoms with Gasteiger partial charge >= 0.3 is 0 Å². The van der Waals surface area contributed by atoms with Crippen LogP contribution in [0.2, 0.25) is 0 Å². The smallest absolute Gasteiger partial charge is 0.253 e. The van der Waals surface area contributed by atoms with Gasteiger partial charge in [-0.25, -0.2) is 9.97 Å². The molecule has 2 aliphatic heterocycles. The summed E-state index contributed by atoms with van der Waals surface area (Å²) < 4.78 is 30.9. The molecule has 34 heavy (non-hydrogen) atoms. The lowest BCUT2D eigenvalue weighted by molar-refractivity contribution is 0.00549. The zero-order chi connectivity index (χ0) is 23.5. The van der Waals surface area contributed by atoms with Crippen LogP contribution in [-0.2, 0) is 11.2 Å². The summed E-state index contributed by atoms with van der Waals surface area (Å²) in [5, 5.41) is 3.04. The molecule has 176 valence electrons. The summed E-state index contributed by atoms with van der Waals surface area (Å²) in [5.74, 6) is 0.538. The predicted octanol–water partition coefficient (Wildman–Crippen LogP) is 3.88. The molecular formula is C26H26FN3O4. The number of amides is 1. The number of carbonyl (C=O) groups is 1. The number of pyridine rings is 2. The minimum Gasteiger partial charge on any atom is -0.491 e. The highest BCUT2D eigenvalue weighted by Crippen LogP contribution is 2.34. The van der Waals surface area contributed by atoms with Gasteiger partial charge in [-0.2, -0.15) is 4.39 Å². The topological polar surface area (TPSA) is 82.6 Å². The van der Waals surface area contributed by atoms with E-state index in [4.69, 9.17) is 14.2 Å². The molecule has 1 N–H and O–H groups in total. The first-order valence-electron chi connectivity index (χ1n) is 11.5. The Hall–Kier alpha value is -3.52. The number of nitrogens with zero attached hydrogens (tertiary/aromatic N) is 2. The molecule has 1 aromatic carbocycles. The van der Waals surface area contributed by atoms with E-state index in [1.807, 2.05) is 18.2 Å². The maximum absolute atomic E-state index is 13.7. The van der Waals surface area contributed by atoms with Crippen molar-refractivity contribution in [3.05, 3.63) is 71.4 Å². The number of fused-ring (bicyclic) bond motifs is 1. The molecule has 0 radical (unpaired) electrons. The van der Waals surface area contributed by atoms with Gasteiger partial charge in [-0.3, -0.25) is 4.79 Å². The number of benzene rings is 1. The fourth-order valence-corrected chi connectivity index (χ4v) is 4.30. The molecule has 8 heteroatoms. The molecule has 2 atom stereocenters. The van der Waals surface area contributed by atoms with Crippen LogP contribution in [0.1, 0.15) is 34.3 Å². The lowest BCUT2D eigenvalue weighted by atomic mass is 9.93. The van der Waals surface area contributed by atoms with Crippen molar-refractivity contribution in [2.24, 2.45) is 0 Å². The molecule has 0 spiro atoms. The molecule has 3 aromatic rings. The van der Waals surface area contributed by atoms with E-state index < -0.39 is 5.95 Å². The summed E-state index contributed by atoms with van der Waals surface area (Å²) in [7, 11) is 0. The van der Waals surface area contributed by atoms with E-state index in [0.29, 0.717) is 36.6 Å². The van der Waals surface area contributed by atoms with Crippen LogP contribution in [0.15, 0.2) is 48.8 Å². The zero-order valence-corrected chi connectivity index (χ0v) is 18.9. The van der Waals surface area contributed by atoms with Crippen LogP contribution in [0.5, 0.6) is 11.6 Å². The average molecular weight is 464 g/mol. The Labute approximate surface area is 197 Å². The van der Waals surface area contributed by atoms with Gasteiger partial charge in [-0.1, -0.05) is 12.1 Å².